The summed E-state index contributed by atoms with van der Waals surface area (Å²) in [7, 11) is 1.27. The molecule has 16 heavy (non-hydrogen) atoms. The van der Waals surface area contributed by atoms with Crippen molar-refractivity contribution in [1.82, 2.24) is 0 Å². The van der Waals surface area contributed by atoms with Crippen LogP contribution in [0.4, 0.5) is 0 Å². The van der Waals surface area contributed by atoms with E-state index >= 15 is 0 Å². The average molecular weight is 337 g/mol. The van der Waals surface area contributed by atoms with Crippen LogP contribution in [0.25, 0.3) is 0 Å². The lowest BCUT2D eigenvalue weighted by Crippen LogP contribution is -2.33. The lowest BCUT2D eigenvalue weighted by molar-refractivity contribution is -0.142. The second-order valence-electron chi connectivity index (χ2n) is 3.27. The van der Waals surface area contributed by atoms with Crippen molar-refractivity contribution in [3.8, 4) is 11.5 Å². The van der Waals surface area contributed by atoms with Crippen molar-refractivity contribution in [1.29, 1.82) is 0 Å². The number of benzene rings is 1. The van der Waals surface area contributed by atoms with Crippen LogP contribution in [-0.2, 0) is 16.0 Å². The van der Waals surface area contributed by atoms with E-state index in [0.29, 0.717) is 5.56 Å². The van der Waals surface area contributed by atoms with Crippen LogP contribution in [0, 0.1) is 3.57 Å². The minimum atomic E-state index is -0.776. The molecule has 1 rings (SSSR count). The summed E-state index contributed by atoms with van der Waals surface area (Å²) in [5.41, 5.74) is 6.28. The summed E-state index contributed by atoms with van der Waals surface area (Å²) in [6.45, 7) is 0. The van der Waals surface area contributed by atoms with Gasteiger partial charge in [-0.2, -0.15) is 0 Å². The fourth-order valence-corrected chi connectivity index (χ4v) is 1.89. The molecule has 0 heterocycles. The summed E-state index contributed by atoms with van der Waals surface area (Å²) >= 11 is 1.99. The zero-order valence-electron chi connectivity index (χ0n) is 8.61. The average Bonchev–Trinajstić information content (AvgIpc) is 2.24. The number of hydrogen-bond donors (Lipinski definition) is 3. The quantitative estimate of drug-likeness (QED) is 0.430. The highest BCUT2D eigenvalue weighted by Gasteiger charge is 2.17. The number of aromatic hydroxyl groups is 2. The molecule has 88 valence electrons. The van der Waals surface area contributed by atoms with Gasteiger partial charge in [0.2, 0.25) is 0 Å². The standard InChI is InChI=1S/C10H12INO4/c1-16-10(15)7(12)2-5-3-8(13)9(14)4-6(5)11/h3-4,7,13-14H,2,12H2,1H3/t7-/m0/s1. The Balaban J connectivity index is 2.89. The number of carbonyl (C=O) groups excluding carboxylic acids is 1. The van der Waals surface area contributed by atoms with Gasteiger partial charge in [0.1, 0.15) is 6.04 Å². The van der Waals surface area contributed by atoms with E-state index in [1.165, 1.54) is 19.2 Å². The summed E-state index contributed by atoms with van der Waals surface area (Å²) < 4.78 is 5.23. The molecular formula is C10H12INO4. The molecule has 0 fully saturated rings. The largest absolute Gasteiger partial charge is 0.504 e. The first-order valence-electron chi connectivity index (χ1n) is 4.49. The monoisotopic (exact) mass is 337 g/mol. The number of halogens is 1. The number of phenols is 2. The SMILES string of the molecule is COC(=O)[C@@H](N)Cc1cc(O)c(O)cc1I. The van der Waals surface area contributed by atoms with E-state index in [1.54, 1.807) is 0 Å². The molecule has 4 N–H and O–H groups in total. The zero-order chi connectivity index (χ0) is 12.3. The maximum absolute atomic E-state index is 11.1. The van der Waals surface area contributed by atoms with Crippen LogP contribution in [0.2, 0.25) is 0 Å². The van der Waals surface area contributed by atoms with E-state index in [4.69, 9.17) is 5.73 Å². The molecule has 1 atom stereocenters. The van der Waals surface area contributed by atoms with Gasteiger partial charge in [-0.3, -0.25) is 4.79 Å². The number of nitrogens with two attached hydrogens (primary N) is 1. The van der Waals surface area contributed by atoms with E-state index in [-0.39, 0.29) is 17.9 Å². The van der Waals surface area contributed by atoms with Crippen molar-refractivity contribution in [3.63, 3.8) is 0 Å². The maximum atomic E-state index is 11.1. The zero-order valence-corrected chi connectivity index (χ0v) is 10.8. The number of rotatable bonds is 3. The third-order valence-corrected chi connectivity index (χ3v) is 3.09. The first kappa shape index (κ1) is 13.0. The molecule has 0 aromatic heterocycles. The number of methoxy groups -OCH3 is 1. The highest BCUT2D eigenvalue weighted by molar-refractivity contribution is 14.1. The Kier molecular flexibility index (Phi) is 4.36. The Hall–Kier alpha value is -1.02. The minimum Gasteiger partial charge on any atom is -0.504 e. The Labute approximate surface area is 106 Å². The van der Waals surface area contributed by atoms with Crippen LogP contribution in [0.5, 0.6) is 11.5 Å². The number of ether oxygens (including phenoxy) is 1. The Morgan fingerprint density at radius 2 is 2.06 bits per heavy atom. The van der Waals surface area contributed by atoms with Gasteiger partial charge in [0.05, 0.1) is 7.11 Å². The van der Waals surface area contributed by atoms with Gasteiger partial charge in [0.15, 0.2) is 11.5 Å². The van der Waals surface area contributed by atoms with Gasteiger partial charge in [-0.15, -0.1) is 0 Å². The molecular weight excluding hydrogens is 325 g/mol. The summed E-state index contributed by atoms with van der Waals surface area (Å²) in [6.07, 6.45) is 0.249. The number of esters is 1. The normalized spacial score (nSPS) is 12.2. The summed E-state index contributed by atoms with van der Waals surface area (Å²) in [4.78, 5) is 11.1. The Morgan fingerprint density at radius 1 is 1.50 bits per heavy atom. The van der Waals surface area contributed by atoms with Crippen LogP contribution in [0.3, 0.4) is 0 Å². The smallest absolute Gasteiger partial charge is 0.322 e. The Bertz CT molecular complexity index is 408. The van der Waals surface area contributed by atoms with Gasteiger partial charge < -0.3 is 20.7 Å². The highest BCUT2D eigenvalue weighted by Crippen LogP contribution is 2.29. The highest BCUT2D eigenvalue weighted by atomic mass is 127. The van der Waals surface area contributed by atoms with Crippen LogP contribution in [0.15, 0.2) is 12.1 Å². The fraction of sp³-hybridized carbons (Fsp3) is 0.300. The van der Waals surface area contributed by atoms with Crippen LogP contribution < -0.4 is 5.73 Å². The van der Waals surface area contributed by atoms with Gasteiger partial charge in [-0.1, -0.05) is 0 Å². The summed E-state index contributed by atoms with van der Waals surface area (Å²) in [5, 5.41) is 18.6. The maximum Gasteiger partial charge on any atom is 0.322 e. The number of hydrogen-bond acceptors (Lipinski definition) is 5. The van der Waals surface area contributed by atoms with E-state index in [2.05, 4.69) is 4.74 Å². The molecule has 0 saturated carbocycles. The molecule has 0 bridgehead atoms. The lowest BCUT2D eigenvalue weighted by atomic mass is 10.1. The van der Waals surface area contributed by atoms with Crippen LogP contribution in [-0.4, -0.2) is 29.3 Å². The molecule has 0 aliphatic rings. The van der Waals surface area contributed by atoms with Gasteiger partial charge in [-0.25, -0.2) is 0 Å². The second kappa shape index (κ2) is 5.35. The van der Waals surface area contributed by atoms with Crippen molar-refractivity contribution < 1.29 is 19.7 Å². The molecule has 0 amide bonds. The molecule has 1 aromatic rings. The molecule has 0 saturated heterocycles. The van der Waals surface area contributed by atoms with Crippen molar-refractivity contribution >= 4 is 28.6 Å². The van der Waals surface area contributed by atoms with Crippen molar-refractivity contribution in [2.45, 2.75) is 12.5 Å². The van der Waals surface area contributed by atoms with Gasteiger partial charge >= 0.3 is 5.97 Å². The third-order valence-electron chi connectivity index (χ3n) is 2.09. The number of carbonyl (C=O) groups is 1. The number of phenolic OH excluding ortho intramolecular Hbond substituents is 2. The van der Waals surface area contributed by atoms with Gasteiger partial charge in [-0.05, 0) is 46.7 Å². The third kappa shape index (κ3) is 2.99. The summed E-state index contributed by atoms with van der Waals surface area (Å²) in [5.74, 6) is -0.935. The minimum absolute atomic E-state index is 0.195. The molecule has 6 heteroatoms. The molecule has 0 spiro atoms. The second-order valence-corrected chi connectivity index (χ2v) is 4.43. The lowest BCUT2D eigenvalue weighted by Gasteiger charge is -2.11. The van der Waals surface area contributed by atoms with Crippen LogP contribution in [0.1, 0.15) is 5.56 Å². The first-order chi connectivity index (χ1) is 7.45. The van der Waals surface area contributed by atoms with E-state index < -0.39 is 12.0 Å². The molecule has 1 aromatic carbocycles. The summed E-state index contributed by atoms with van der Waals surface area (Å²) in [6, 6.07) is 2.03. The van der Waals surface area contributed by atoms with Gasteiger partial charge in [0.25, 0.3) is 0 Å². The predicted molar refractivity (Wildman–Crippen MR) is 66.2 cm³/mol. The topological polar surface area (TPSA) is 92.8 Å². The van der Waals surface area contributed by atoms with E-state index in [9.17, 15) is 15.0 Å². The van der Waals surface area contributed by atoms with Crippen molar-refractivity contribution in [2.75, 3.05) is 7.11 Å². The van der Waals surface area contributed by atoms with Crippen LogP contribution >= 0.6 is 22.6 Å². The predicted octanol–water partition coefficient (Wildman–Crippen LogP) is 0.745. The van der Waals surface area contributed by atoms with Gasteiger partial charge in [0, 0.05) is 3.57 Å². The van der Waals surface area contributed by atoms with Crippen molar-refractivity contribution in [2.24, 2.45) is 5.73 Å². The Morgan fingerprint density at radius 3 is 2.62 bits per heavy atom. The van der Waals surface area contributed by atoms with Crippen molar-refractivity contribution in [3.05, 3.63) is 21.3 Å². The molecule has 0 unspecified atom stereocenters. The molecule has 5 nitrogen and oxygen atoms in total. The molecule has 0 aliphatic heterocycles. The molecule has 0 radical (unpaired) electrons. The molecule has 0 aliphatic carbocycles. The van der Waals surface area contributed by atoms with E-state index in [0.717, 1.165) is 3.57 Å². The van der Waals surface area contributed by atoms with E-state index in [1.807, 2.05) is 22.6 Å². The first-order valence-corrected chi connectivity index (χ1v) is 5.57. The fourth-order valence-electron chi connectivity index (χ4n) is 1.22.